The van der Waals surface area contributed by atoms with Crippen molar-refractivity contribution in [3.63, 3.8) is 0 Å². The topological polar surface area (TPSA) is 3.24 Å². The zero-order valence-electron chi connectivity index (χ0n) is 6.90. The van der Waals surface area contributed by atoms with Crippen LogP contribution in [0.2, 0.25) is 0 Å². The van der Waals surface area contributed by atoms with E-state index in [4.69, 9.17) is 0 Å². The minimum absolute atomic E-state index is 0.947. The van der Waals surface area contributed by atoms with Gasteiger partial charge in [-0.15, -0.1) is 0 Å². The van der Waals surface area contributed by atoms with Gasteiger partial charge in [0.25, 0.3) is 0 Å². The van der Waals surface area contributed by atoms with E-state index in [0.29, 0.717) is 0 Å². The Morgan fingerprint density at radius 3 is 2.50 bits per heavy atom. The molecule has 0 fully saturated rings. The lowest BCUT2D eigenvalue weighted by molar-refractivity contribution is 1.09. The van der Waals surface area contributed by atoms with Gasteiger partial charge >= 0.3 is 0 Å². The molecule has 0 saturated heterocycles. The van der Waals surface area contributed by atoms with Gasteiger partial charge in [0.15, 0.2) is 0 Å². The van der Waals surface area contributed by atoms with Gasteiger partial charge in [0, 0.05) is 17.9 Å². The van der Waals surface area contributed by atoms with Crippen molar-refractivity contribution in [1.29, 1.82) is 0 Å². The van der Waals surface area contributed by atoms with E-state index in [2.05, 4.69) is 29.7 Å². The van der Waals surface area contributed by atoms with Gasteiger partial charge in [-0.1, -0.05) is 30.9 Å². The molecule has 0 bridgehead atoms. The van der Waals surface area contributed by atoms with Gasteiger partial charge in [0.2, 0.25) is 0 Å². The number of rotatable bonds is 1. The molecule has 1 aliphatic rings. The molecule has 2 rings (SSSR count). The molecule has 0 N–H and O–H groups in total. The van der Waals surface area contributed by atoms with Gasteiger partial charge in [-0.2, -0.15) is 0 Å². The van der Waals surface area contributed by atoms with Gasteiger partial charge in [0.1, 0.15) is 0 Å². The number of nitrogens with zero attached hydrogens (tertiary/aromatic N) is 1. The van der Waals surface area contributed by atoms with Crippen LogP contribution in [0.3, 0.4) is 0 Å². The molecular weight excluding hydrogens is 146 g/mol. The monoisotopic (exact) mass is 157 g/mol. The predicted octanol–water partition coefficient (Wildman–Crippen LogP) is 2.58. The Morgan fingerprint density at radius 1 is 1.17 bits per heavy atom. The Bertz CT molecular complexity index is 311. The van der Waals surface area contributed by atoms with Gasteiger partial charge in [0.05, 0.1) is 0 Å². The van der Waals surface area contributed by atoms with Crippen LogP contribution in [0.4, 0.5) is 5.69 Å². The second kappa shape index (κ2) is 2.86. The molecule has 12 heavy (non-hydrogen) atoms. The van der Waals surface area contributed by atoms with Crippen molar-refractivity contribution in [2.45, 2.75) is 0 Å². The molecule has 0 aromatic heterocycles. The summed E-state index contributed by atoms with van der Waals surface area (Å²) < 4.78 is 0. The van der Waals surface area contributed by atoms with Crippen LogP contribution in [-0.4, -0.2) is 6.54 Å². The van der Waals surface area contributed by atoms with Crippen molar-refractivity contribution in [2.75, 3.05) is 11.4 Å². The maximum absolute atomic E-state index is 3.95. The van der Waals surface area contributed by atoms with Crippen molar-refractivity contribution in [2.24, 2.45) is 0 Å². The Balaban J connectivity index is 2.27. The Hall–Kier alpha value is -1.50. The summed E-state index contributed by atoms with van der Waals surface area (Å²) in [4.78, 5) is 2.18. The smallest absolute Gasteiger partial charge is 0.0415 e. The molecule has 0 spiro atoms. The molecule has 60 valence electrons. The summed E-state index contributed by atoms with van der Waals surface area (Å²) in [5.74, 6) is 0. The van der Waals surface area contributed by atoms with E-state index in [1.54, 1.807) is 0 Å². The summed E-state index contributed by atoms with van der Waals surface area (Å²) in [5.41, 5.74) is 2.29. The number of para-hydroxylation sites is 1. The fourth-order valence-electron chi connectivity index (χ4n) is 1.38. The maximum atomic E-state index is 3.95. The normalized spacial score (nSPS) is 15.7. The lowest BCUT2D eigenvalue weighted by Crippen LogP contribution is -2.15. The molecule has 1 heteroatoms. The molecule has 1 aromatic rings. The first-order chi connectivity index (χ1) is 5.88. The molecule has 1 aliphatic heterocycles. The molecule has 0 atom stereocenters. The van der Waals surface area contributed by atoms with Gasteiger partial charge in [-0.05, 0) is 18.2 Å². The predicted molar refractivity (Wildman–Crippen MR) is 52.1 cm³/mol. The molecule has 0 aliphatic carbocycles. The van der Waals surface area contributed by atoms with Gasteiger partial charge < -0.3 is 4.90 Å². The third-order valence-electron chi connectivity index (χ3n) is 2.01. The number of anilines is 1. The van der Waals surface area contributed by atoms with Crippen molar-refractivity contribution >= 4 is 5.69 Å². The summed E-state index contributed by atoms with van der Waals surface area (Å²) in [6.45, 7) is 4.90. The molecule has 0 radical (unpaired) electrons. The first kappa shape index (κ1) is 7.17. The average molecular weight is 157 g/mol. The van der Waals surface area contributed by atoms with Gasteiger partial charge in [-0.3, -0.25) is 0 Å². The number of benzene rings is 1. The van der Waals surface area contributed by atoms with Crippen molar-refractivity contribution in [3.05, 3.63) is 54.8 Å². The van der Waals surface area contributed by atoms with Crippen molar-refractivity contribution in [3.8, 4) is 0 Å². The number of hydrogen-bond acceptors (Lipinski definition) is 1. The fourth-order valence-corrected chi connectivity index (χ4v) is 1.38. The average Bonchev–Trinajstić information content (AvgIpc) is 2.53. The standard InChI is InChI=1S/C11H11N/c1-10-6-5-9-12(10)11-7-3-2-4-8-11/h2-8H,1,9H2. The second-order valence-electron chi connectivity index (χ2n) is 2.84. The van der Waals surface area contributed by atoms with Crippen LogP contribution in [-0.2, 0) is 0 Å². The van der Waals surface area contributed by atoms with Crippen LogP contribution in [0.1, 0.15) is 0 Å². The van der Waals surface area contributed by atoms with Crippen LogP contribution in [0.25, 0.3) is 0 Å². The van der Waals surface area contributed by atoms with E-state index in [1.165, 1.54) is 5.69 Å². The lowest BCUT2D eigenvalue weighted by Gasteiger charge is -2.18. The SMILES string of the molecule is C=C1C=CCN1c1ccccc1. The quantitative estimate of drug-likeness (QED) is 0.605. The van der Waals surface area contributed by atoms with E-state index in [1.807, 2.05) is 24.3 Å². The van der Waals surface area contributed by atoms with Crippen LogP contribution >= 0.6 is 0 Å². The molecule has 0 saturated carbocycles. The first-order valence-corrected chi connectivity index (χ1v) is 4.06. The third kappa shape index (κ3) is 1.14. The Kier molecular flexibility index (Phi) is 1.71. The Morgan fingerprint density at radius 2 is 1.92 bits per heavy atom. The van der Waals surface area contributed by atoms with Crippen LogP contribution in [0, 0.1) is 0 Å². The van der Waals surface area contributed by atoms with Crippen LogP contribution in [0.15, 0.2) is 54.8 Å². The number of hydrogen-bond donors (Lipinski definition) is 0. The number of allylic oxidation sites excluding steroid dienone is 1. The molecule has 0 unspecified atom stereocenters. The van der Waals surface area contributed by atoms with E-state index in [9.17, 15) is 0 Å². The first-order valence-electron chi connectivity index (χ1n) is 4.06. The Labute approximate surface area is 72.6 Å². The van der Waals surface area contributed by atoms with Crippen LogP contribution < -0.4 is 4.90 Å². The molecule has 1 heterocycles. The highest BCUT2D eigenvalue weighted by molar-refractivity contribution is 5.56. The van der Waals surface area contributed by atoms with Crippen LogP contribution in [0.5, 0.6) is 0 Å². The van der Waals surface area contributed by atoms with Crippen molar-refractivity contribution in [1.82, 2.24) is 0 Å². The largest absolute Gasteiger partial charge is 0.338 e. The van der Waals surface area contributed by atoms with E-state index in [0.717, 1.165) is 12.2 Å². The fraction of sp³-hybridized carbons (Fsp3) is 0.0909. The summed E-state index contributed by atoms with van der Waals surface area (Å²) in [5, 5.41) is 0. The highest BCUT2D eigenvalue weighted by atomic mass is 15.1. The zero-order valence-corrected chi connectivity index (χ0v) is 6.90. The van der Waals surface area contributed by atoms with E-state index >= 15 is 0 Å². The molecule has 1 aromatic carbocycles. The molecular formula is C11H11N. The van der Waals surface area contributed by atoms with Gasteiger partial charge in [-0.25, -0.2) is 0 Å². The third-order valence-corrected chi connectivity index (χ3v) is 2.01. The highest BCUT2D eigenvalue weighted by Crippen LogP contribution is 2.21. The maximum Gasteiger partial charge on any atom is 0.0415 e. The minimum atomic E-state index is 0.947. The minimum Gasteiger partial charge on any atom is -0.338 e. The summed E-state index contributed by atoms with van der Waals surface area (Å²) >= 11 is 0. The zero-order chi connectivity index (χ0) is 8.39. The van der Waals surface area contributed by atoms with E-state index in [-0.39, 0.29) is 0 Å². The molecule has 1 nitrogen and oxygen atoms in total. The molecule has 0 amide bonds. The summed E-state index contributed by atoms with van der Waals surface area (Å²) in [6, 6.07) is 10.3. The van der Waals surface area contributed by atoms with Crippen molar-refractivity contribution < 1.29 is 0 Å². The summed E-state index contributed by atoms with van der Waals surface area (Å²) in [7, 11) is 0. The second-order valence-corrected chi connectivity index (χ2v) is 2.84. The highest BCUT2D eigenvalue weighted by Gasteiger charge is 2.09. The summed E-state index contributed by atoms with van der Waals surface area (Å²) in [6.07, 6.45) is 4.17. The van der Waals surface area contributed by atoms with E-state index < -0.39 is 0 Å². The lowest BCUT2D eigenvalue weighted by atomic mass is 10.3.